The minimum Gasteiger partial charge on any atom is -0.287 e. The fourth-order valence-electron chi connectivity index (χ4n) is 1.58. The molecule has 0 saturated heterocycles. The van der Waals surface area contributed by atoms with Crippen molar-refractivity contribution >= 4 is 11.4 Å². The van der Waals surface area contributed by atoms with Crippen LogP contribution in [-0.4, -0.2) is 0 Å². The van der Waals surface area contributed by atoms with Crippen molar-refractivity contribution in [1.29, 1.82) is 0 Å². The third-order valence-electron chi connectivity index (χ3n) is 2.27. The average molecular weight is 213 g/mol. The largest absolute Gasteiger partial charge is 0.287 e. The fraction of sp³-hybridized carbons (Fsp3) is 0. The SMILES string of the molecule is C=C(F)N(c1ccccc1)c1ccccc1. The summed E-state index contributed by atoms with van der Waals surface area (Å²) in [5.74, 6) is -0.489. The molecular formula is C14H12FN. The third kappa shape index (κ3) is 2.11. The lowest BCUT2D eigenvalue weighted by molar-refractivity contribution is 0.622. The average Bonchev–Trinajstić information content (AvgIpc) is 2.31. The zero-order valence-corrected chi connectivity index (χ0v) is 8.81. The molecule has 0 N–H and O–H groups in total. The number of hydrogen-bond donors (Lipinski definition) is 0. The second kappa shape index (κ2) is 4.62. The Kier molecular flexibility index (Phi) is 3.01. The highest BCUT2D eigenvalue weighted by atomic mass is 19.1. The van der Waals surface area contributed by atoms with Crippen molar-refractivity contribution in [1.82, 2.24) is 0 Å². The molecule has 2 heteroatoms. The molecule has 0 atom stereocenters. The van der Waals surface area contributed by atoms with Gasteiger partial charge < -0.3 is 0 Å². The molecule has 0 radical (unpaired) electrons. The van der Waals surface area contributed by atoms with E-state index in [2.05, 4.69) is 6.58 Å². The molecule has 0 heterocycles. The van der Waals surface area contributed by atoms with Gasteiger partial charge >= 0.3 is 0 Å². The summed E-state index contributed by atoms with van der Waals surface area (Å²) in [6.07, 6.45) is 0. The maximum atomic E-state index is 13.5. The van der Waals surface area contributed by atoms with Crippen LogP contribution in [0.4, 0.5) is 15.8 Å². The summed E-state index contributed by atoms with van der Waals surface area (Å²) in [6.45, 7) is 3.37. The van der Waals surface area contributed by atoms with E-state index >= 15 is 0 Å². The van der Waals surface area contributed by atoms with Crippen molar-refractivity contribution in [3.05, 3.63) is 73.2 Å². The van der Waals surface area contributed by atoms with E-state index in [1.807, 2.05) is 60.7 Å². The summed E-state index contributed by atoms with van der Waals surface area (Å²) < 4.78 is 13.5. The number of nitrogens with zero attached hydrogens (tertiary/aromatic N) is 1. The van der Waals surface area contributed by atoms with Gasteiger partial charge in [0.25, 0.3) is 0 Å². The highest BCUT2D eigenvalue weighted by Gasteiger charge is 2.11. The van der Waals surface area contributed by atoms with Crippen LogP contribution in [0, 0.1) is 0 Å². The van der Waals surface area contributed by atoms with Crippen LogP contribution in [0.25, 0.3) is 0 Å². The van der Waals surface area contributed by atoms with Crippen LogP contribution >= 0.6 is 0 Å². The smallest absolute Gasteiger partial charge is 0.191 e. The van der Waals surface area contributed by atoms with Gasteiger partial charge in [0.1, 0.15) is 0 Å². The summed E-state index contributed by atoms with van der Waals surface area (Å²) in [6, 6.07) is 18.7. The maximum absolute atomic E-state index is 13.5. The molecular weight excluding hydrogens is 201 g/mol. The quantitative estimate of drug-likeness (QED) is 0.688. The Morgan fingerprint density at radius 2 is 1.19 bits per heavy atom. The van der Waals surface area contributed by atoms with Crippen molar-refractivity contribution < 1.29 is 4.39 Å². The minimum absolute atomic E-state index is 0.489. The predicted octanol–water partition coefficient (Wildman–Crippen LogP) is 4.27. The molecule has 0 aliphatic carbocycles. The number of rotatable bonds is 3. The lowest BCUT2D eigenvalue weighted by atomic mass is 10.2. The monoisotopic (exact) mass is 213 g/mol. The molecule has 2 rings (SSSR count). The van der Waals surface area contributed by atoms with E-state index in [0.29, 0.717) is 0 Å². The Labute approximate surface area is 94.5 Å². The molecule has 0 aliphatic heterocycles. The Morgan fingerprint density at radius 1 is 0.812 bits per heavy atom. The van der Waals surface area contributed by atoms with E-state index in [0.717, 1.165) is 11.4 Å². The first kappa shape index (κ1) is 10.4. The van der Waals surface area contributed by atoms with Crippen LogP contribution in [0.1, 0.15) is 0 Å². The molecule has 0 amide bonds. The normalized spacial score (nSPS) is 9.81. The van der Waals surface area contributed by atoms with Gasteiger partial charge in [0.2, 0.25) is 0 Å². The van der Waals surface area contributed by atoms with E-state index in [9.17, 15) is 4.39 Å². The highest BCUT2D eigenvalue weighted by molar-refractivity contribution is 5.66. The van der Waals surface area contributed by atoms with Crippen molar-refractivity contribution in [2.75, 3.05) is 4.90 Å². The van der Waals surface area contributed by atoms with Crippen molar-refractivity contribution in [2.24, 2.45) is 0 Å². The molecule has 0 bridgehead atoms. The predicted molar refractivity (Wildman–Crippen MR) is 65.3 cm³/mol. The standard InChI is InChI=1S/C14H12FN/c1-12(15)16(13-8-4-2-5-9-13)14-10-6-3-7-11-14/h2-11H,1H2. The second-order valence-electron chi connectivity index (χ2n) is 3.38. The fourth-order valence-corrected chi connectivity index (χ4v) is 1.58. The van der Waals surface area contributed by atoms with Gasteiger partial charge in [-0.25, -0.2) is 0 Å². The van der Waals surface area contributed by atoms with Crippen molar-refractivity contribution in [2.45, 2.75) is 0 Å². The molecule has 16 heavy (non-hydrogen) atoms. The first-order chi connectivity index (χ1) is 7.79. The van der Waals surface area contributed by atoms with Gasteiger partial charge in [-0.05, 0) is 30.8 Å². The molecule has 2 aromatic carbocycles. The maximum Gasteiger partial charge on any atom is 0.191 e. The van der Waals surface area contributed by atoms with Gasteiger partial charge in [0.05, 0.1) is 0 Å². The van der Waals surface area contributed by atoms with E-state index in [4.69, 9.17) is 0 Å². The molecule has 0 fully saturated rings. The summed E-state index contributed by atoms with van der Waals surface area (Å²) in [4.78, 5) is 1.47. The highest BCUT2D eigenvalue weighted by Crippen LogP contribution is 2.28. The Morgan fingerprint density at radius 3 is 1.50 bits per heavy atom. The topological polar surface area (TPSA) is 3.24 Å². The zero-order chi connectivity index (χ0) is 11.4. The summed E-state index contributed by atoms with van der Waals surface area (Å²) in [5.41, 5.74) is 1.53. The Bertz CT molecular complexity index is 425. The van der Waals surface area contributed by atoms with E-state index in [1.165, 1.54) is 4.90 Å². The van der Waals surface area contributed by atoms with Crippen LogP contribution in [0.5, 0.6) is 0 Å². The van der Waals surface area contributed by atoms with Gasteiger partial charge in [0, 0.05) is 11.4 Å². The lowest BCUT2D eigenvalue weighted by Gasteiger charge is -2.21. The van der Waals surface area contributed by atoms with E-state index < -0.39 is 5.95 Å². The van der Waals surface area contributed by atoms with Gasteiger partial charge in [0.15, 0.2) is 5.95 Å². The molecule has 1 nitrogen and oxygen atoms in total. The number of para-hydroxylation sites is 2. The summed E-state index contributed by atoms with van der Waals surface area (Å²) >= 11 is 0. The Hall–Kier alpha value is -2.09. The number of anilines is 2. The molecule has 0 unspecified atom stereocenters. The van der Waals surface area contributed by atoms with Crippen molar-refractivity contribution in [3.8, 4) is 0 Å². The second-order valence-corrected chi connectivity index (χ2v) is 3.38. The van der Waals surface area contributed by atoms with E-state index in [-0.39, 0.29) is 0 Å². The van der Waals surface area contributed by atoms with Crippen LogP contribution in [0.3, 0.4) is 0 Å². The number of hydrogen-bond acceptors (Lipinski definition) is 1. The van der Waals surface area contributed by atoms with Gasteiger partial charge in [-0.1, -0.05) is 36.4 Å². The molecule has 0 saturated carbocycles. The van der Waals surface area contributed by atoms with Gasteiger partial charge in [-0.2, -0.15) is 4.39 Å². The molecule has 2 aromatic rings. The van der Waals surface area contributed by atoms with Gasteiger partial charge in [-0.15, -0.1) is 0 Å². The number of benzene rings is 2. The van der Waals surface area contributed by atoms with E-state index in [1.54, 1.807) is 0 Å². The minimum atomic E-state index is -0.489. The molecule has 80 valence electrons. The van der Waals surface area contributed by atoms with Crippen LogP contribution in [0.2, 0.25) is 0 Å². The Balaban J connectivity index is 2.44. The third-order valence-corrected chi connectivity index (χ3v) is 2.27. The zero-order valence-electron chi connectivity index (χ0n) is 8.81. The van der Waals surface area contributed by atoms with Crippen LogP contribution in [-0.2, 0) is 0 Å². The molecule has 0 spiro atoms. The van der Waals surface area contributed by atoms with Crippen LogP contribution < -0.4 is 4.90 Å². The first-order valence-corrected chi connectivity index (χ1v) is 5.03. The molecule has 0 aromatic heterocycles. The molecule has 0 aliphatic rings. The first-order valence-electron chi connectivity index (χ1n) is 5.03. The van der Waals surface area contributed by atoms with Crippen LogP contribution in [0.15, 0.2) is 73.2 Å². The lowest BCUT2D eigenvalue weighted by Crippen LogP contribution is -2.12. The summed E-state index contributed by atoms with van der Waals surface area (Å²) in [5, 5.41) is 0. The summed E-state index contributed by atoms with van der Waals surface area (Å²) in [7, 11) is 0. The number of halogens is 1. The van der Waals surface area contributed by atoms with Crippen molar-refractivity contribution in [3.63, 3.8) is 0 Å². The van der Waals surface area contributed by atoms with Gasteiger partial charge in [-0.3, -0.25) is 4.90 Å².